The normalized spacial score (nSPS) is 10.5. The maximum Gasteiger partial charge on any atom is 0.320 e. The van der Waals surface area contributed by atoms with Crippen molar-refractivity contribution in [2.45, 2.75) is 13.2 Å². The fourth-order valence-electron chi connectivity index (χ4n) is 1.51. The van der Waals surface area contributed by atoms with Crippen molar-refractivity contribution in [3.8, 4) is 11.8 Å². The molecule has 0 spiro atoms. The molecule has 0 aliphatic rings. The molecule has 0 saturated carbocycles. The Morgan fingerprint density at radius 2 is 2.21 bits per heavy atom. The highest BCUT2D eigenvalue weighted by molar-refractivity contribution is 5.43. The second kappa shape index (κ2) is 5.44. The summed E-state index contributed by atoms with van der Waals surface area (Å²) >= 11 is 0. The standard InChI is InChI=1S/C12H8F3N3O/c13-9-2-1-3-10(8(9)6-16)19-7-11-17-4-5-18(11)12(14)15/h1-5,12H,7H2. The second-order valence-corrected chi connectivity index (χ2v) is 3.54. The van der Waals surface area contributed by atoms with Crippen molar-refractivity contribution in [1.82, 2.24) is 9.55 Å². The SMILES string of the molecule is N#Cc1c(F)cccc1OCc1nccn1C(F)F. The summed E-state index contributed by atoms with van der Waals surface area (Å²) in [4.78, 5) is 3.71. The summed E-state index contributed by atoms with van der Waals surface area (Å²) in [6.07, 6.45) is 2.32. The lowest BCUT2D eigenvalue weighted by atomic mass is 10.2. The topological polar surface area (TPSA) is 50.8 Å². The molecule has 0 atom stereocenters. The molecule has 0 amide bonds. The number of benzene rings is 1. The van der Waals surface area contributed by atoms with Gasteiger partial charge in [-0.1, -0.05) is 6.07 Å². The zero-order chi connectivity index (χ0) is 13.8. The zero-order valence-electron chi connectivity index (χ0n) is 9.55. The summed E-state index contributed by atoms with van der Waals surface area (Å²) < 4.78 is 44.2. The average Bonchev–Trinajstić information content (AvgIpc) is 2.84. The smallest absolute Gasteiger partial charge is 0.320 e. The first kappa shape index (κ1) is 13.0. The molecule has 1 aromatic carbocycles. The van der Waals surface area contributed by atoms with E-state index in [-0.39, 0.29) is 23.7 Å². The summed E-state index contributed by atoms with van der Waals surface area (Å²) in [5, 5.41) is 8.79. The van der Waals surface area contributed by atoms with Crippen LogP contribution in [0.5, 0.6) is 5.75 Å². The molecule has 1 heterocycles. The molecule has 0 N–H and O–H groups in total. The van der Waals surface area contributed by atoms with Crippen LogP contribution in [0.1, 0.15) is 17.9 Å². The predicted molar refractivity (Wildman–Crippen MR) is 58.9 cm³/mol. The molecule has 0 saturated heterocycles. The molecule has 0 bridgehead atoms. The number of nitrogens with zero attached hydrogens (tertiary/aromatic N) is 3. The Morgan fingerprint density at radius 1 is 1.42 bits per heavy atom. The number of nitriles is 1. The molecule has 0 fully saturated rings. The summed E-state index contributed by atoms with van der Waals surface area (Å²) in [7, 11) is 0. The molecule has 98 valence electrons. The molecule has 7 heteroatoms. The number of halogens is 3. The van der Waals surface area contributed by atoms with Gasteiger partial charge < -0.3 is 4.74 Å². The van der Waals surface area contributed by atoms with Crippen molar-refractivity contribution in [2.75, 3.05) is 0 Å². The molecule has 19 heavy (non-hydrogen) atoms. The van der Waals surface area contributed by atoms with E-state index in [0.29, 0.717) is 4.57 Å². The number of aromatic nitrogens is 2. The molecule has 0 radical (unpaired) electrons. The Hall–Kier alpha value is -2.49. The van der Waals surface area contributed by atoms with E-state index in [1.165, 1.54) is 18.3 Å². The van der Waals surface area contributed by atoms with Crippen LogP contribution < -0.4 is 4.74 Å². The van der Waals surface area contributed by atoms with Gasteiger partial charge in [0.05, 0.1) is 0 Å². The number of hydrogen-bond acceptors (Lipinski definition) is 3. The van der Waals surface area contributed by atoms with Crippen molar-refractivity contribution in [1.29, 1.82) is 5.26 Å². The molecule has 2 aromatic rings. The first-order chi connectivity index (χ1) is 9.13. The fraction of sp³-hybridized carbons (Fsp3) is 0.167. The summed E-state index contributed by atoms with van der Waals surface area (Å²) in [6, 6.07) is 5.52. The third-order valence-corrected chi connectivity index (χ3v) is 2.40. The van der Waals surface area contributed by atoms with E-state index in [2.05, 4.69) is 4.98 Å². The molecule has 1 aromatic heterocycles. The van der Waals surface area contributed by atoms with Gasteiger partial charge in [0.15, 0.2) is 5.82 Å². The van der Waals surface area contributed by atoms with Crippen LogP contribution in [-0.2, 0) is 6.61 Å². The van der Waals surface area contributed by atoms with E-state index in [4.69, 9.17) is 10.00 Å². The molecular weight excluding hydrogens is 259 g/mol. The van der Waals surface area contributed by atoms with E-state index >= 15 is 0 Å². The van der Waals surface area contributed by atoms with Crippen molar-refractivity contribution in [2.24, 2.45) is 0 Å². The zero-order valence-corrected chi connectivity index (χ0v) is 9.55. The maximum atomic E-state index is 13.3. The van der Waals surface area contributed by atoms with Crippen LogP contribution >= 0.6 is 0 Å². The largest absolute Gasteiger partial charge is 0.484 e. The lowest BCUT2D eigenvalue weighted by Gasteiger charge is -2.09. The van der Waals surface area contributed by atoms with Crippen LogP contribution in [0.25, 0.3) is 0 Å². The van der Waals surface area contributed by atoms with Crippen molar-refractivity contribution >= 4 is 0 Å². The lowest BCUT2D eigenvalue weighted by molar-refractivity contribution is 0.0632. The number of alkyl halides is 2. The van der Waals surface area contributed by atoms with Crippen LogP contribution in [-0.4, -0.2) is 9.55 Å². The first-order valence-electron chi connectivity index (χ1n) is 5.24. The molecular formula is C12H8F3N3O. The van der Waals surface area contributed by atoms with Crippen molar-refractivity contribution in [3.63, 3.8) is 0 Å². The minimum absolute atomic E-state index is 0.00804. The van der Waals surface area contributed by atoms with E-state index in [1.54, 1.807) is 6.07 Å². The van der Waals surface area contributed by atoms with Crippen LogP contribution in [0.2, 0.25) is 0 Å². The first-order valence-corrected chi connectivity index (χ1v) is 5.24. The van der Waals surface area contributed by atoms with Gasteiger partial charge in [0.1, 0.15) is 29.8 Å². The predicted octanol–water partition coefficient (Wildman–Crippen LogP) is 2.87. The summed E-state index contributed by atoms with van der Waals surface area (Å²) in [6.45, 7) is -3.01. The quantitative estimate of drug-likeness (QED) is 0.855. The molecule has 0 unspecified atom stereocenters. The number of imidazole rings is 1. The maximum absolute atomic E-state index is 13.3. The van der Waals surface area contributed by atoms with Crippen LogP contribution in [0.15, 0.2) is 30.6 Å². The molecule has 0 aliphatic carbocycles. The Kier molecular flexibility index (Phi) is 3.71. The summed E-state index contributed by atoms with van der Waals surface area (Å²) in [5.74, 6) is -0.744. The van der Waals surface area contributed by atoms with E-state index in [0.717, 1.165) is 12.3 Å². The van der Waals surface area contributed by atoms with Gasteiger partial charge in [-0.25, -0.2) is 9.37 Å². The third kappa shape index (κ3) is 2.68. The highest BCUT2D eigenvalue weighted by Gasteiger charge is 2.14. The second-order valence-electron chi connectivity index (χ2n) is 3.54. The molecule has 0 aliphatic heterocycles. The van der Waals surface area contributed by atoms with Gasteiger partial charge in [-0.05, 0) is 12.1 Å². The van der Waals surface area contributed by atoms with E-state index < -0.39 is 12.4 Å². The monoisotopic (exact) mass is 267 g/mol. The fourth-order valence-corrected chi connectivity index (χ4v) is 1.51. The van der Waals surface area contributed by atoms with Gasteiger partial charge in [0.25, 0.3) is 0 Å². The highest BCUT2D eigenvalue weighted by atomic mass is 19.3. The van der Waals surface area contributed by atoms with Crippen LogP contribution in [0.4, 0.5) is 13.2 Å². The Morgan fingerprint density at radius 3 is 2.89 bits per heavy atom. The van der Waals surface area contributed by atoms with Gasteiger partial charge in [-0.3, -0.25) is 4.57 Å². The Labute approximate surface area is 106 Å². The minimum Gasteiger partial charge on any atom is -0.484 e. The van der Waals surface area contributed by atoms with E-state index in [9.17, 15) is 13.2 Å². The molecule has 4 nitrogen and oxygen atoms in total. The Balaban J connectivity index is 2.18. The number of hydrogen-bond donors (Lipinski definition) is 0. The number of rotatable bonds is 4. The van der Waals surface area contributed by atoms with Crippen molar-refractivity contribution < 1.29 is 17.9 Å². The van der Waals surface area contributed by atoms with Crippen molar-refractivity contribution in [3.05, 3.63) is 47.8 Å². The number of ether oxygens (including phenoxy) is 1. The van der Waals surface area contributed by atoms with Crippen LogP contribution in [0.3, 0.4) is 0 Å². The van der Waals surface area contributed by atoms with E-state index in [1.807, 2.05) is 0 Å². The van der Waals surface area contributed by atoms with Gasteiger partial charge in [-0.2, -0.15) is 14.0 Å². The van der Waals surface area contributed by atoms with Gasteiger partial charge in [-0.15, -0.1) is 0 Å². The summed E-state index contributed by atoms with van der Waals surface area (Å²) in [5.41, 5.74) is -0.266. The van der Waals surface area contributed by atoms with Gasteiger partial charge in [0, 0.05) is 12.4 Å². The van der Waals surface area contributed by atoms with Gasteiger partial charge >= 0.3 is 6.55 Å². The lowest BCUT2D eigenvalue weighted by Crippen LogP contribution is -2.08. The average molecular weight is 267 g/mol. The Bertz CT molecular complexity index is 619. The third-order valence-electron chi connectivity index (χ3n) is 2.40. The minimum atomic E-state index is -2.73. The molecule has 2 rings (SSSR count). The van der Waals surface area contributed by atoms with Gasteiger partial charge in [0.2, 0.25) is 0 Å². The highest BCUT2D eigenvalue weighted by Crippen LogP contribution is 2.22. The van der Waals surface area contributed by atoms with Crippen LogP contribution in [0, 0.1) is 17.1 Å².